The fraction of sp³-hybridized carbons (Fsp3) is 0.250. The van der Waals surface area contributed by atoms with Crippen molar-refractivity contribution in [1.82, 2.24) is 15.5 Å². The van der Waals surface area contributed by atoms with Crippen LogP contribution >= 0.6 is 15.9 Å². The van der Waals surface area contributed by atoms with E-state index in [9.17, 15) is 4.39 Å². The maximum absolute atomic E-state index is 13.6. The lowest BCUT2D eigenvalue weighted by atomic mass is 10.1. The van der Waals surface area contributed by atoms with Crippen LogP contribution in [0, 0.1) is 5.82 Å². The van der Waals surface area contributed by atoms with E-state index in [0.29, 0.717) is 17.8 Å². The maximum Gasteiger partial charge on any atom is 0.132 e. The molecular weight excluding hydrogens is 285 g/mol. The topological polar surface area (TPSA) is 40.7 Å². The van der Waals surface area contributed by atoms with Gasteiger partial charge in [-0.25, -0.2) is 4.39 Å². The van der Waals surface area contributed by atoms with Gasteiger partial charge in [0.1, 0.15) is 5.82 Å². The van der Waals surface area contributed by atoms with Crippen molar-refractivity contribution in [3.8, 4) is 11.3 Å². The van der Waals surface area contributed by atoms with E-state index < -0.39 is 0 Å². The summed E-state index contributed by atoms with van der Waals surface area (Å²) in [7, 11) is 0. The number of aromatic nitrogens is 2. The smallest absolute Gasteiger partial charge is 0.132 e. The molecule has 0 aliphatic rings. The van der Waals surface area contributed by atoms with Gasteiger partial charge < -0.3 is 5.32 Å². The summed E-state index contributed by atoms with van der Waals surface area (Å²) in [6, 6.07) is 6.68. The molecule has 2 N–H and O–H groups in total. The Morgan fingerprint density at radius 1 is 1.41 bits per heavy atom. The first-order valence-corrected chi connectivity index (χ1v) is 6.20. The Labute approximate surface area is 108 Å². The van der Waals surface area contributed by atoms with Crippen LogP contribution in [0.2, 0.25) is 0 Å². The number of hydrogen-bond donors (Lipinski definition) is 2. The van der Waals surface area contributed by atoms with Crippen LogP contribution in [0.5, 0.6) is 0 Å². The van der Waals surface area contributed by atoms with Gasteiger partial charge in [-0.3, -0.25) is 5.10 Å². The second-order valence-corrected chi connectivity index (χ2v) is 4.60. The molecule has 0 fully saturated rings. The Morgan fingerprint density at radius 2 is 2.24 bits per heavy atom. The molecule has 1 aromatic heterocycles. The summed E-state index contributed by atoms with van der Waals surface area (Å²) >= 11 is 3.33. The van der Waals surface area contributed by atoms with E-state index in [1.165, 1.54) is 6.07 Å². The first-order valence-electron chi connectivity index (χ1n) is 5.41. The molecule has 0 aliphatic heterocycles. The molecular formula is C12H13BrFN3. The third-order valence-electron chi connectivity index (χ3n) is 2.40. The summed E-state index contributed by atoms with van der Waals surface area (Å²) in [5.74, 6) is -0.269. The second-order valence-electron chi connectivity index (χ2n) is 3.68. The molecule has 0 radical (unpaired) electrons. The average Bonchev–Trinajstić information content (AvgIpc) is 2.78. The van der Waals surface area contributed by atoms with E-state index in [-0.39, 0.29) is 5.82 Å². The van der Waals surface area contributed by atoms with Crippen molar-refractivity contribution < 1.29 is 4.39 Å². The Morgan fingerprint density at radius 3 is 3.00 bits per heavy atom. The van der Waals surface area contributed by atoms with E-state index in [1.807, 2.05) is 13.0 Å². The van der Waals surface area contributed by atoms with Crippen LogP contribution in [-0.4, -0.2) is 16.7 Å². The lowest BCUT2D eigenvalue weighted by Gasteiger charge is -1.99. The van der Waals surface area contributed by atoms with Crippen LogP contribution in [0.15, 0.2) is 28.7 Å². The SMILES string of the molecule is CCNCc1cc(-c2cc(Br)ccc2F)n[nH]1. The van der Waals surface area contributed by atoms with E-state index in [0.717, 1.165) is 16.7 Å². The minimum atomic E-state index is -0.269. The molecule has 1 heterocycles. The lowest BCUT2D eigenvalue weighted by Crippen LogP contribution is -2.11. The number of aromatic amines is 1. The van der Waals surface area contributed by atoms with Gasteiger partial charge in [0.2, 0.25) is 0 Å². The number of nitrogens with zero attached hydrogens (tertiary/aromatic N) is 1. The molecule has 0 spiro atoms. The monoisotopic (exact) mass is 297 g/mol. The summed E-state index contributed by atoms with van der Waals surface area (Å²) in [5.41, 5.74) is 2.07. The van der Waals surface area contributed by atoms with Crippen LogP contribution in [0.4, 0.5) is 4.39 Å². The number of nitrogens with one attached hydrogen (secondary N) is 2. The largest absolute Gasteiger partial charge is 0.311 e. The Balaban J connectivity index is 2.27. The molecule has 0 aliphatic carbocycles. The van der Waals surface area contributed by atoms with Gasteiger partial charge in [0, 0.05) is 22.3 Å². The van der Waals surface area contributed by atoms with Gasteiger partial charge in [-0.1, -0.05) is 22.9 Å². The summed E-state index contributed by atoms with van der Waals surface area (Å²) in [6.45, 7) is 3.63. The molecule has 0 saturated carbocycles. The van der Waals surface area contributed by atoms with Crippen molar-refractivity contribution in [2.45, 2.75) is 13.5 Å². The van der Waals surface area contributed by atoms with E-state index in [4.69, 9.17) is 0 Å². The minimum Gasteiger partial charge on any atom is -0.311 e. The fourth-order valence-corrected chi connectivity index (χ4v) is 1.90. The summed E-state index contributed by atoms with van der Waals surface area (Å²) in [5, 5.41) is 10.2. The van der Waals surface area contributed by atoms with Crippen LogP contribution in [-0.2, 0) is 6.54 Å². The molecule has 0 amide bonds. The molecule has 0 saturated heterocycles. The zero-order chi connectivity index (χ0) is 12.3. The van der Waals surface area contributed by atoms with Crippen molar-refractivity contribution >= 4 is 15.9 Å². The molecule has 1 aromatic carbocycles. The normalized spacial score (nSPS) is 10.8. The molecule has 0 atom stereocenters. The van der Waals surface area contributed by atoms with Crippen LogP contribution in [0.1, 0.15) is 12.6 Å². The predicted molar refractivity (Wildman–Crippen MR) is 69.1 cm³/mol. The third-order valence-corrected chi connectivity index (χ3v) is 2.89. The Bertz CT molecular complexity index is 510. The van der Waals surface area contributed by atoms with E-state index in [1.54, 1.807) is 12.1 Å². The first kappa shape index (κ1) is 12.3. The van der Waals surface area contributed by atoms with Crippen LogP contribution in [0.3, 0.4) is 0 Å². The van der Waals surface area contributed by atoms with Crippen LogP contribution in [0.25, 0.3) is 11.3 Å². The highest BCUT2D eigenvalue weighted by molar-refractivity contribution is 9.10. The average molecular weight is 298 g/mol. The standard InChI is InChI=1S/C12H13BrFN3/c1-2-15-7-9-6-12(17-16-9)10-5-8(13)3-4-11(10)14/h3-6,15H,2,7H2,1H3,(H,16,17). The zero-order valence-electron chi connectivity index (χ0n) is 9.43. The Kier molecular flexibility index (Phi) is 3.91. The van der Waals surface area contributed by atoms with Gasteiger partial charge in [-0.2, -0.15) is 5.10 Å². The van der Waals surface area contributed by atoms with Gasteiger partial charge in [0.15, 0.2) is 0 Å². The number of H-pyrrole nitrogens is 1. The third kappa shape index (κ3) is 2.92. The molecule has 5 heteroatoms. The van der Waals surface area contributed by atoms with Gasteiger partial charge in [0.05, 0.1) is 5.69 Å². The van der Waals surface area contributed by atoms with E-state index >= 15 is 0 Å². The quantitative estimate of drug-likeness (QED) is 0.910. The van der Waals surface area contributed by atoms with Gasteiger partial charge >= 0.3 is 0 Å². The Hall–Kier alpha value is -1.20. The van der Waals surface area contributed by atoms with Crippen molar-refractivity contribution in [3.63, 3.8) is 0 Å². The number of hydrogen-bond acceptors (Lipinski definition) is 2. The molecule has 3 nitrogen and oxygen atoms in total. The van der Waals surface area contributed by atoms with Crippen molar-refractivity contribution in [1.29, 1.82) is 0 Å². The molecule has 2 rings (SSSR count). The molecule has 90 valence electrons. The highest BCUT2D eigenvalue weighted by atomic mass is 79.9. The number of halogens is 2. The molecule has 17 heavy (non-hydrogen) atoms. The highest BCUT2D eigenvalue weighted by Gasteiger charge is 2.09. The lowest BCUT2D eigenvalue weighted by molar-refractivity contribution is 0.630. The molecule has 0 bridgehead atoms. The second kappa shape index (κ2) is 5.42. The van der Waals surface area contributed by atoms with Crippen molar-refractivity contribution in [2.75, 3.05) is 6.54 Å². The van der Waals surface area contributed by atoms with Crippen molar-refractivity contribution in [3.05, 3.63) is 40.2 Å². The number of rotatable bonds is 4. The minimum absolute atomic E-state index is 0.269. The van der Waals surface area contributed by atoms with Gasteiger partial charge in [0.25, 0.3) is 0 Å². The summed E-state index contributed by atoms with van der Waals surface area (Å²) in [4.78, 5) is 0. The molecule has 2 aromatic rings. The van der Waals surface area contributed by atoms with E-state index in [2.05, 4.69) is 31.4 Å². The first-order chi connectivity index (χ1) is 8.20. The zero-order valence-corrected chi connectivity index (χ0v) is 11.0. The van der Waals surface area contributed by atoms with Gasteiger partial charge in [-0.05, 0) is 30.8 Å². The summed E-state index contributed by atoms with van der Waals surface area (Å²) in [6.07, 6.45) is 0. The van der Waals surface area contributed by atoms with Crippen molar-refractivity contribution in [2.24, 2.45) is 0 Å². The maximum atomic E-state index is 13.6. The number of benzene rings is 1. The van der Waals surface area contributed by atoms with Gasteiger partial charge in [-0.15, -0.1) is 0 Å². The fourth-order valence-electron chi connectivity index (χ4n) is 1.54. The predicted octanol–water partition coefficient (Wildman–Crippen LogP) is 3.09. The highest BCUT2D eigenvalue weighted by Crippen LogP contribution is 2.25. The van der Waals surface area contributed by atoms with Crippen LogP contribution < -0.4 is 5.32 Å². The summed E-state index contributed by atoms with van der Waals surface area (Å²) < 4.78 is 14.5. The molecule has 0 unspecified atom stereocenters.